The predicted octanol–water partition coefficient (Wildman–Crippen LogP) is 6.25. The van der Waals surface area contributed by atoms with E-state index in [-0.39, 0.29) is 11.3 Å². The molecule has 6 nitrogen and oxygen atoms in total. The number of amides is 1. The minimum atomic E-state index is -0.259. The Labute approximate surface area is 198 Å². The number of rotatable bonds is 4. The molecular weight excluding hydrogens is 447 g/mol. The topological polar surface area (TPSA) is 73.0 Å². The first-order valence-corrected chi connectivity index (χ1v) is 11.6. The van der Waals surface area contributed by atoms with Crippen LogP contribution in [-0.4, -0.2) is 20.8 Å². The summed E-state index contributed by atoms with van der Waals surface area (Å²) in [6.07, 6.45) is 2.67. The lowest BCUT2D eigenvalue weighted by Gasteiger charge is -2.33. The summed E-state index contributed by atoms with van der Waals surface area (Å²) in [7, 11) is 0. The van der Waals surface area contributed by atoms with Gasteiger partial charge in [-0.25, -0.2) is 0 Å². The van der Waals surface area contributed by atoms with Gasteiger partial charge in [-0.1, -0.05) is 55.2 Å². The minimum absolute atomic E-state index is 0.168. The zero-order valence-corrected chi connectivity index (χ0v) is 20.6. The molecule has 1 aliphatic carbocycles. The van der Waals surface area contributed by atoms with E-state index in [1.165, 1.54) is 0 Å². The van der Waals surface area contributed by atoms with Crippen molar-refractivity contribution >= 4 is 34.8 Å². The molecule has 1 N–H and O–H groups in total. The third-order valence-corrected chi connectivity index (χ3v) is 7.16. The Hall–Kier alpha value is -2.31. The van der Waals surface area contributed by atoms with E-state index in [0.717, 1.165) is 47.5 Å². The van der Waals surface area contributed by atoms with Gasteiger partial charge in [-0.2, -0.15) is 5.10 Å². The highest BCUT2D eigenvalue weighted by atomic mass is 35.5. The second kappa shape index (κ2) is 8.56. The van der Waals surface area contributed by atoms with Crippen LogP contribution in [0.25, 0.3) is 0 Å². The number of carbonyl (C=O) groups excluding carboxylic acids is 1. The van der Waals surface area contributed by atoms with Crippen molar-refractivity contribution in [2.75, 3.05) is 5.32 Å². The molecule has 8 heteroatoms. The first-order chi connectivity index (χ1) is 15.0. The highest BCUT2D eigenvalue weighted by Crippen LogP contribution is 2.38. The Morgan fingerprint density at radius 1 is 1.25 bits per heavy atom. The first-order valence-electron chi connectivity index (χ1n) is 10.8. The van der Waals surface area contributed by atoms with E-state index >= 15 is 0 Å². The Balaban J connectivity index is 1.55. The van der Waals surface area contributed by atoms with Gasteiger partial charge >= 0.3 is 0 Å². The summed E-state index contributed by atoms with van der Waals surface area (Å²) < 4.78 is 7.36. The maximum absolute atomic E-state index is 13.2. The van der Waals surface area contributed by atoms with Gasteiger partial charge in [-0.3, -0.25) is 9.48 Å². The zero-order valence-electron chi connectivity index (χ0n) is 19.1. The van der Waals surface area contributed by atoms with Gasteiger partial charge in [0.05, 0.1) is 33.7 Å². The average molecular weight is 475 g/mol. The fourth-order valence-electron chi connectivity index (χ4n) is 4.34. The molecule has 0 bridgehead atoms. The van der Waals surface area contributed by atoms with Gasteiger partial charge in [0.25, 0.3) is 5.91 Å². The van der Waals surface area contributed by atoms with E-state index in [0.29, 0.717) is 33.9 Å². The number of aromatic nitrogens is 3. The molecule has 0 saturated carbocycles. The lowest BCUT2D eigenvalue weighted by atomic mass is 9.71. The van der Waals surface area contributed by atoms with E-state index in [9.17, 15) is 4.79 Å². The van der Waals surface area contributed by atoms with Gasteiger partial charge in [-0.05, 0) is 55.7 Å². The van der Waals surface area contributed by atoms with Crippen LogP contribution in [0, 0.1) is 25.2 Å². The molecule has 4 rings (SSSR count). The van der Waals surface area contributed by atoms with Gasteiger partial charge in [0.2, 0.25) is 0 Å². The third kappa shape index (κ3) is 4.44. The lowest BCUT2D eigenvalue weighted by molar-refractivity contribution is 0.101. The first kappa shape index (κ1) is 22.9. The molecule has 3 aromatic rings. The molecule has 0 saturated heterocycles. The Bertz CT molecular complexity index is 1170. The standard InChI is InChI=1S/C24H28Cl2N4O2/c1-13-21(14(2)30(28-13)12-15-6-8-18(25)19(26)10-15)27-23(31)22-17-11-16(24(3,4)5)7-9-20(17)32-29-22/h6,8,10,16H,7,9,11-12H2,1-5H3,(H,27,31). The molecule has 0 spiro atoms. The predicted molar refractivity (Wildman–Crippen MR) is 127 cm³/mol. The van der Waals surface area contributed by atoms with Crippen LogP contribution in [0.15, 0.2) is 22.7 Å². The van der Waals surface area contributed by atoms with Crippen molar-refractivity contribution in [1.29, 1.82) is 0 Å². The van der Waals surface area contributed by atoms with Gasteiger partial charge < -0.3 is 9.84 Å². The molecule has 1 aromatic carbocycles. The maximum Gasteiger partial charge on any atom is 0.278 e. The fraction of sp³-hybridized carbons (Fsp3) is 0.458. The molecule has 0 fully saturated rings. The summed E-state index contributed by atoms with van der Waals surface area (Å²) in [6, 6.07) is 5.51. The van der Waals surface area contributed by atoms with Gasteiger partial charge in [0.15, 0.2) is 5.69 Å². The van der Waals surface area contributed by atoms with Gasteiger partial charge in [0, 0.05) is 12.0 Å². The summed E-state index contributed by atoms with van der Waals surface area (Å²) in [5.41, 5.74) is 4.74. The molecule has 2 heterocycles. The number of aryl methyl sites for hydroxylation is 2. The molecule has 0 radical (unpaired) electrons. The Morgan fingerprint density at radius 3 is 2.69 bits per heavy atom. The zero-order chi connectivity index (χ0) is 23.2. The number of benzene rings is 1. The summed E-state index contributed by atoms with van der Waals surface area (Å²) in [6.45, 7) is 11.1. The summed E-state index contributed by atoms with van der Waals surface area (Å²) in [5, 5.41) is 12.8. The van der Waals surface area contributed by atoms with E-state index in [1.54, 1.807) is 6.07 Å². The van der Waals surface area contributed by atoms with Crippen molar-refractivity contribution < 1.29 is 9.32 Å². The van der Waals surface area contributed by atoms with Crippen molar-refractivity contribution in [1.82, 2.24) is 14.9 Å². The van der Waals surface area contributed by atoms with Crippen LogP contribution in [0.1, 0.15) is 66.0 Å². The summed E-state index contributed by atoms with van der Waals surface area (Å²) in [4.78, 5) is 13.2. The van der Waals surface area contributed by atoms with Gasteiger partial charge in [-0.15, -0.1) is 0 Å². The largest absolute Gasteiger partial charge is 0.360 e. The minimum Gasteiger partial charge on any atom is -0.360 e. The number of nitrogens with zero attached hydrogens (tertiary/aromatic N) is 3. The SMILES string of the molecule is Cc1nn(Cc2ccc(Cl)c(Cl)c2)c(C)c1NC(=O)c1noc2c1CC(C(C)(C)C)CC2. The number of hydrogen-bond donors (Lipinski definition) is 1. The van der Waals surface area contributed by atoms with Crippen LogP contribution >= 0.6 is 23.2 Å². The number of nitrogens with one attached hydrogen (secondary N) is 1. The number of halogens is 2. The van der Waals surface area contributed by atoms with Crippen LogP contribution in [-0.2, 0) is 19.4 Å². The molecule has 1 unspecified atom stereocenters. The number of anilines is 1. The van der Waals surface area contributed by atoms with E-state index in [1.807, 2.05) is 30.7 Å². The van der Waals surface area contributed by atoms with Crippen molar-refractivity contribution in [3.63, 3.8) is 0 Å². The number of hydrogen-bond acceptors (Lipinski definition) is 4. The second-order valence-corrected chi connectivity index (χ2v) is 10.5. The Kier molecular flexibility index (Phi) is 6.12. The summed E-state index contributed by atoms with van der Waals surface area (Å²) in [5.74, 6) is 1.06. The van der Waals surface area contributed by atoms with Crippen LogP contribution in [0.3, 0.4) is 0 Å². The van der Waals surface area contributed by atoms with Crippen LogP contribution < -0.4 is 5.32 Å². The highest BCUT2D eigenvalue weighted by molar-refractivity contribution is 6.42. The number of carbonyl (C=O) groups is 1. The molecule has 1 amide bonds. The normalized spacial score (nSPS) is 16.2. The lowest BCUT2D eigenvalue weighted by Crippen LogP contribution is -2.27. The van der Waals surface area contributed by atoms with Crippen LogP contribution in [0.5, 0.6) is 0 Å². The maximum atomic E-state index is 13.2. The molecule has 0 aliphatic heterocycles. The third-order valence-electron chi connectivity index (χ3n) is 6.42. The molecule has 2 aromatic heterocycles. The molecule has 1 atom stereocenters. The molecule has 32 heavy (non-hydrogen) atoms. The molecular formula is C24H28Cl2N4O2. The quantitative estimate of drug-likeness (QED) is 0.484. The van der Waals surface area contributed by atoms with Gasteiger partial charge in [0.1, 0.15) is 5.76 Å². The van der Waals surface area contributed by atoms with E-state index < -0.39 is 0 Å². The Morgan fingerprint density at radius 2 is 2.00 bits per heavy atom. The second-order valence-electron chi connectivity index (χ2n) is 9.64. The van der Waals surface area contributed by atoms with Crippen LogP contribution in [0.2, 0.25) is 10.0 Å². The molecule has 170 valence electrons. The van der Waals surface area contributed by atoms with Crippen molar-refractivity contribution in [2.45, 2.75) is 60.4 Å². The highest BCUT2D eigenvalue weighted by Gasteiger charge is 2.34. The molecule has 1 aliphatic rings. The van der Waals surface area contributed by atoms with Crippen molar-refractivity contribution in [2.24, 2.45) is 11.3 Å². The average Bonchev–Trinajstić information content (AvgIpc) is 3.26. The van der Waals surface area contributed by atoms with Crippen molar-refractivity contribution in [3.05, 3.63) is 62.2 Å². The fourth-order valence-corrected chi connectivity index (χ4v) is 4.66. The van der Waals surface area contributed by atoms with E-state index in [4.69, 9.17) is 27.7 Å². The van der Waals surface area contributed by atoms with Crippen molar-refractivity contribution in [3.8, 4) is 0 Å². The smallest absolute Gasteiger partial charge is 0.278 e. The van der Waals surface area contributed by atoms with Crippen LogP contribution in [0.4, 0.5) is 5.69 Å². The van der Waals surface area contributed by atoms with E-state index in [2.05, 4.69) is 36.3 Å². The summed E-state index contributed by atoms with van der Waals surface area (Å²) >= 11 is 12.2. The monoisotopic (exact) mass is 474 g/mol. The number of fused-ring (bicyclic) bond motifs is 1.